The average molecular weight is 392 g/mol. The van der Waals surface area contributed by atoms with Crippen LogP contribution in [0, 0.1) is 18.8 Å². The van der Waals surface area contributed by atoms with Crippen LogP contribution in [0.15, 0.2) is 16.7 Å². The maximum atomic E-state index is 12.9. The Bertz CT molecular complexity index is 697. The molecule has 1 aliphatic rings. The molecule has 4 atom stereocenters. The van der Waals surface area contributed by atoms with Crippen molar-refractivity contribution in [1.82, 2.24) is 10.6 Å². The van der Waals surface area contributed by atoms with Gasteiger partial charge in [-0.25, -0.2) is 0 Å². The maximum absolute atomic E-state index is 12.9. The van der Waals surface area contributed by atoms with Crippen LogP contribution < -0.4 is 10.6 Å². The summed E-state index contributed by atoms with van der Waals surface area (Å²) in [7, 11) is 0. The lowest BCUT2D eigenvalue weighted by molar-refractivity contribution is -0.127. The second-order valence-electron chi connectivity index (χ2n) is 7.93. The Hall–Kier alpha value is -2.15. The van der Waals surface area contributed by atoms with Gasteiger partial charge in [-0.3, -0.25) is 14.4 Å². The highest BCUT2D eigenvalue weighted by atomic mass is 16.5. The number of hydrogen-bond donors (Lipinski definition) is 2. The predicted molar refractivity (Wildman–Crippen MR) is 105 cm³/mol. The van der Waals surface area contributed by atoms with Gasteiger partial charge in [0.1, 0.15) is 24.5 Å². The number of carbonyl (C=O) groups excluding carboxylic acids is 3. The van der Waals surface area contributed by atoms with Gasteiger partial charge in [-0.15, -0.1) is 0 Å². The molecule has 2 amide bonds. The Morgan fingerprint density at radius 1 is 1.25 bits per heavy atom. The van der Waals surface area contributed by atoms with Gasteiger partial charge < -0.3 is 19.8 Å². The number of amides is 2. The SMILES string of the molecule is CCC1OCC(=O)C1NC(=O)[C@H](CCC(C)C(C)C)NC(=O)c1ccoc1C. The summed E-state index contributed by atoms with van der Waals surface area (Å²) in [6.45, 7) is 10.0. The van der Waals surface area contributed by atoms with E-state index in [1.807, 2.05) is 6.92 Å². The number of Topliss-reactive ketones (excluding diaryl/α,β-unsaturated/α-hetero) is 1. The van der Waals surface area contributed by atoms with E-state index in [0.717, 1.165) is 6.42 Å². The molecule has 1 aromatic rings. The molecule has 2 N–H and O–H groups in total. The van der Waals surface area contributed by atoms with Gasteiger partial charge in [0.15, 0.2) is 5.78 Å². The van der Waals surface area contributed by atoms with E-state index in [-0.39, 0.29) is 30.3 Å². The third-order valence-corrected chi connectivity index (χ3v) is 5.63. The van der Waals surface area contributed by atoms with E-state index in [2.05, 4.69) is 31.4 Å². The van der Waals surface area contributed by atoms with E-state index in [4.69, 9.17) is 9.15 Å². The van der Waals surface area contributed by atoms with Gasteiger partial charge in [-0.1, -0.05) is 27.7 Å². The van der Waals surface area contributed by atoms with E-state index in [0.29, 0.717) is 36.0 Å². The summed E-state index contributed by atoms with van der Waals surface area (Å²) in [6.07, 6.45) is 3.03. The maximum Gasteiger partial charge on any atom is 0.255 e. The van der Waals surface area contributed by atoms with Crippen LogP contribution in [0.4, 0.5) is 0 Å². The van der Waals surface area contributed by atoms with Crippen molar-refractivity contribution >= 4 is 17.6 Å². The Balaban J connectivity index is 2.09. The quantitative estimate of drug-likeness (QED) is 0.673. The summed E-state index contributed by atoms with van der Waals surface area (Å²) in [5.74, 6) is 0.536. The molecule has 0 aromatic carbocycles. The molecule has 2 heterocycles. The number of rotatable bonds is 9. The first-order valence-electron chi connectivity index (χ1n) is 10.0. The molecular formula is C21H32N2O5. The van der Waals surface area contributed by atoms with E-state index < -0.39 is 12.1 Å². The van der Waals surface area contributed by atoms with Gasteiger partial charge in [0.25, 0.3) is 5.91 Å². The smallest absolute Gasteiger partial charge is 0.255 e. The second-order valence-corrected chi connectivity index (χ2v) is 7.93. The van der Waals surface area contributed by atoms with Crippen LogP contribution in [0.25, 0.3) is 0 Å². The molecule has 3 unspecified atom stereocenters. The van der Waals surface area contributed by atoms with Crippen molar-refractivity contribution in [3.8, 4) is 0 Å². The number of aryl methyl sites for hydroxylation is 1. The van der Waals surface area contributed by atoms with Gasteiger partial charge in [-0.2, -0.15) is 0 Å². The summed E-state index contributed by atoms with van der Waals surface area (Å²) in [6, 6.07) is 0.196. The Kier molecular flexibility index (Phi) is 7.80. The fraction of sp³-hybridized carbons (Fsp3) is 0.667. The molecule has 0 spiro atoms. The zero-order valence-electron chi connectivity index (χ0n) is 17.4. The summed E-state index contributed by atoms with van der Waals surface area (Å²) < 4.78 is 10.6. The number of furan rings is 1. The van der Waals surface area contributed by atoms with Crippen LogP contribution in [-0.4, -0.2) is 42.4 Å². The first-order chi connectivity index (χ1) is 13.2. The highest BCUT2D eigenvalue weighted by Crippen LogP contribution is 2.19. The first-order valence-corrected chi connectivity index (χ1v) is 10.0. The Morgan fingerprint density at radius 2 is 1.96 bits per heavy atom. The topological polar surface area (TPSA) is 97.6 Å². The normalized spacial score (nSPS) is 21.6. The number of hydrogen-bond acceptors (Lipinski definition) is 5. The van der Waals surface area contributed by atoms with Crippen molar-refractivity contribution in [2.24, 2.45) is 11.8 Å². The Morgan fingerprint density at radius 3 is 2.54 bits per heavy atom. The summed E-state index contributed by atoms with van der Waals surface area (Å²) >= 11 is 0. The van der Waals surface area contributed by atoms with Crippen LogP contribution in [0.2, 0.25) is 0 Å². The van der Waals surface area contributed by atoms with Crippen molar-refractivity contribution in [3.63, 3.8) is 0 Å². The fourth-order valence-corrected chi connectivity index (χ4v) is 3.25. The summed E-state index contributed by atoms with van der Waals surface area (Å²) in [5, 5.41) is 5.61. The van der Waals surface area contributed by atoms with Crippen LogP contribution in [0.5, 0.6) is 0 Å². The Labute approximate surface area is 166 Å². The van der Waals surface area contributed by atoms with Crippen molar-refractivity contribution in [3.05, 3.63) is 23.7 Å². The lowest BCUT2D eigenvalue weighted by Crippen LogP contribution is -2.53. The molecule has 2 rings (SSSR count). The molecular weight excluding hydrogens is 360 g/mol. The standard InChI is InChI=1S/C21H32N2O5/c1-6-18-19(17(24)11-28-18)23-21(26)16(8-7-13(4)12(2)3)22-20(25)15-9-10-27-14(15)5/h9-10,12-13,16,18-19H,6-8,11H2,1-5H3,(H,22,25)(H,23,26)/t13?,16-,18?,19?/m0/s1. The minimum atomic E-state index is -0.728. The molecule has 28 heavy (non-hydrogen) atoms. The van der Waals surface area contributed by atoms with Gasteiger partial charge in [0.2, 0.25) is 5.91 Å². The largest absolute Gasteiger partial charge is 0.469 e. The van der Waals surface area contributed by atoms with Crippen molar-refractivity contribution < 1.29 is 23.5 Å². The first kappa shape index (κ1) is 22.1. The average Bonchev–Trinajstić information content (AvgIpc) is 3.23. The fourth-order valence-electron chi connectivity index (χ4n) is 3.25. The van der Waals surface area contributed by atoms with Gasteiger partial charge in [0, 0.05) is 0 Å². The van der Waals surface area contributed by atoms with E-state index in [1.54, 1.807) is 13.0 Å². The monoisotopic (exact) mass is 392 g/mol. The van der Waals surface area contributed by atoms with Crippen LogP contribution in [0.1, 0.15) is 63.1 Å². The molecule has 1 aliphatic heterocycles. The molecule has 1 saturated heterocycles. The molecule has 1 fully saturated rings. The lowest BCUT2D eigenvalue weighted by atomic mass is 9.91. The zero-order chi connectivity index (χ0) is 20.8. The summed E-state index contributed by atoms with van der Waals surface area (Å²) in [4.78, 5) is 37.6. The molecule has 7 nitrogen and oxygen atoms in total. The van der Waals surface area contributed by atoms with Crippen molar-refractivity contribution in [2.75, 3.05) is 6.61 Å². The minimum absolute atomic E-state index is 0.0130. The molecule has 0 radical (unpaired) electrons. The van der Waals surface area contributed by atoms with Crippen LogP contribution in [-0.2, 0) is 14.3 Å². The zero-order valence-corrected chi connectivity index (χ0v) is 17.4. The van der Waals surface area contributed by atoms with Crippen LogP contribution in [0.3, 0.4) is 0 Å². The molecule has 1 aromatic heterocycles. The number of ether oxygens (including phenoxy) is 1. The van der Waals surface area contributed by atoms with Gasteiger partial charge in [-0.05, 0) is 44.1 Å². The molecule has 0 saturated carbocycles. The van der Waals surface area contributed by atoms with Crippen LogP contribution >= 0.6 is 0 Å². The highest BCUT2D eigenvalue weighted by molar-refractivity contribution is 5.99. The lowest BCUT2D eigenvalue weighted by Gasteiger charge is -2.24. The predicted octanol–water partition coefficient (Wildman–Crippen LogP) is 2.62. The highest BCUT2D eigenvalue weighted by Gasteiger charge is 2.37. The number of ketones is 1. The molecule has 156 valence electrons. The van der Waals surface area contributed by atoms with Crippen molar-refractivity contribution in [2.45, 2.75) is 72.1 Å². The number of carbonyl (C=O) groups is 3. The second kappa shape index (κ2) is 9.87. The van der Waals surface area contributed by atoms with Crippen molar-refractivity contribution in [1.29, 1.82) is 0 Å². The third-order valence-electron chi connectivity index (χ3n) is 5.63. The van der Waals surface area contributed by atoms with E-state index in [9.17, 15) is 14.4 Å². The van der Waals surface area contributed by atoms with E-state index in [1.165, 1.54) is 6.26 Å². The minimum Gasteiger partial charge on any atom is -0.469 e. The molecule has 0 bridgehead atoms. The van der Waals surface area contributed by atoms with Gasteiger partial charge >= 0.3 is 0 Å². The molecule has 7 heteroatoms. The number of nitrogens with one attached hydrogen (secondary N) is 2. The van der Waals surface area contributed by atoms with E-state index >= 15 is 0 Å². The van der Waals surface area contributed by atoms with Gasteiger partial charge in [0.05, 0.1) is 17.9 Å². The third kappa shape index (κ3) is 5.44. The molecule has 0 aliphatic carbocycles. The summed E-state index contributed by atoms with van der Waals surface area (Å²) in [5.41, 5.74) is 0.404.